The summed E-state index contributed by atoms with van der Waals surface area (Å²) in [6.45, 7) is 6.14. The lowest BCUT2D eigenvalue weighted by molar-refractivity contribution is 0.102. The number of carbonyl (C=O) groups excluding carboxylic acids is 1. The predicted octanol–water partition coefficient (Wildman–Crippen LogP) is 1.94. The summed E-state index contributed by atoms with van der Waals surface area (Å²) in [5, 5.41) is 12.0. The van der Waals surface area contributed by atoms with Gasteiger partial charge in [0.25, 0.3) is 5.91 Å². The van der Waals surface area contributed by atoms with Gasteiger partial charge in [-0.25, -0.2) is 0 Å². The Morgan fingerprint density at radius 3 is 2.65 bits per heavy atom. The number of amides is 1. The van der Waals surface area contributed by atoms with Gasteiger partial charge in [-0.2, -0.15) is 8.75 Å². The van der Waals surface area contributed by atoms with Gasteiger partial charge in [-0.15, -0.1) is 10.2 Å². The van der Waals surface area contributed by atoms with E-state index in [0.717, 1.165) is 16.7 Å². The molecule has 0 spiro atoms. The van der Waals surface area contributed by atoms with Crippen LogP contribution in [0.15, 0.2) is 6.20 Å². The summed E-state index contributed by atoms with van der Waals surface area (Å²) in [5.74, 6) is -0.310. The SMILES string of the molecule is CC(C)(C)c1nnc(NC(=O)c2cnsn2)s1. The summed E-state index contributed by atoms with van der Waals surface area (Å²) in [6, 6.07) is 0. The maximum Gasteiger partial charge on any atom is 0.278 e. The largest absolute Gasteiger partial charge is 0.295 e. The van der Waals surface area contributed by atoms with E-state index in [-0.39, 0.29) is 11.3 Å². The molecule has 0 fully saturated rings. The first kappa shape index (κ1) is 12.1. The molecule has 2 aromatic rings. The van der Waals surface area contributed by atoms with E-state index in [4.69, 9.17) is 0 Å². The molecule has 2 heterocycles. The van der Waals surface area contributed by atoms with Crippen molar-refractivity contribution in [2.45, 2.75) is 26.2 Å². The minimum absolute atomic E-state index is 0.0666. The van der Waals surface area contributed by atoms with Crippen LogP contribution < -0.4 is 5.32 Å². The van der Waals surface area contributed by atoms with E-state index in [9.17, 15) is 4.79 Å². The molecule has 0 aliphatic rings. The lowest BCUT2D eigenvalue weighted by atomic mass is 9.98. The van der Waals surface area contributed by atoms with Crippen molar-refractivity contribution in [3.05, 3.63) is 16.9 Å². The molecule has 0 bridgehead atoms. The smallest absolute Gasteiger partial charge is 0.278 e. The highest BCUT2D eigenvalue weighted by atomic mass is 32.1. The minimum atomic E-state index is -0.310. The Bertz CT molecular complexity index is 514. The molecule has 8 heteroatoms. The maximum atomic E-state index is 11.7. The summed E-state index contributed by atoms with van der Waals surface area (Å²) in [4.78, 5) is 11.7. The topological polar surface area (TPSA) is 80.7 Å². The first-order valence-corrected chi connectivity index (χ1v) is 6.44. The number of nitrogens with zero attached hydrogens (tertiary/aromatic N) is 4. The average Bonchev–Trinajstić information content (AvgIpc) is 2.85. The number of rotatable bonds is 2. The van der Waals surface area contributed by atoms with Crippen molar-refractivity contribution in [3.63, 3.8) is 0 Å². The van der Waals surface area contributed by atoms with Crippen molar-refractivity contribution < 1.29 is 4.79 Å². The highest BCUT2D eigenvalue weighted by Crippen LogP contribution is 2.27. The molecule has 90 valence electrons. The van der Waals surface area contributed by atoms with Crippen LogP contribution in [0.25, 0.3) is 0 Å². The van der Waals surface area contributed by atoms with Gasteiger partial charge in [0.15, 0.2) is 5.69 Å². The fourth-order valence-corrected chi connectivity index (χ4v) is 2.21. The Morgan fingerprint density at radius 2 is 2.12 bits per heavy atom. The summed E-state index contributed by atoms with van der Waals surface area (Å²) in [7, 11) is 0. The Balaban J connectivity index is 2.10. The molecule has 6 nitrogen and oxygen atoms in total. The average molecular weight is 269 g/mol. The standard InChI is InChI=1S/C9H11N5OS2/c1-9(2,3)7-12-13-8(16-7)11-6(15)5-4-10-17-14-5/h4H,1-3H3,(H,11,13,15). The number of aromatic nitrogens is 4. The minimum Gasteiger partial charge on any atom is -0.295 e. The molecule has 2 rings (SSSR count). The highest BCUT2D eigenvalue weighted by molar-refractivity contribution is 7.15. The third kappa shape index (κ3) is 2.83. The van der Waals surface area contributed by atoms with Gasteiger partial charge in [0.1, 0.15) is 5.01 Å². The Hall–Kier alpha value is -1.41. The normalized spacial score (nSPS) is 11.5. The van der Waals surface area contributed by atoms with Crippen molar-refractivity contribution in [2.24, 2.45) is 0 Å². The molecule has 2 aromatic heterocycles. The molecule has 0 aromatic carbocycles. The Morgan fingerprint density at radius 1 is 1.35 bits per heavy atom. The van der Waals surface area contributed by atoms with Crippen molar-refractivity contribution in [2.75, 3.05) is 5.32 Å². The maximum absolute atomic E-state index is 11.7. The van der Waals surface area contributed by atoms with E-state index in [1.165, 1.54) is 17.5 Å². The first-order valence-electron chi connectivity index (χ1n) is 4.90. The third-order valence-electron chi connectivity index (χ3n) is 1.88. The summed E-state index contributed by atoms with van der Waals surface area (Å²) in [6.07, 6.45) is 1.42. The second kappa shape index (κ2) is 4.46. The summed E-state index contributed by atoms with van der Waals surface area (Å²) >= 11 is 2.36. The van der Waals surface area contributed by atoms with Crippen molar-refractivity contribution in [1.82, 2.24) is 18.9 Å². The Labute approximate surface area is 106 Å². The van der Waals surface area contributed by atoms with Crippen LogP contribution in [0.4, 0.5) is 5.13 Å². The zero-order valence-electron chi connectivity index (χ0n) is 9.59. The second-order valence-electron chi connectivity index (χ2n) is 4.41. The van der Waals surface area contributed by atoms with Crippen LogP contribution in [0, 0.1) is 0 Å². The van der Waals surface area contributed by atoms with Crippen LogP contribution in [0.2, 0.25) is 0 Å². The highest BCUT2D eigenvalue weighted by Gasteiger charge is 2.20. The molecule has 0 unspecified atom stereocenters. The van der Waals surface area contributed by atoms with E-state index in [2.05, 4.69) is 24.3 Å². The van der Waals surface area contributed by atoms with Crippen LogP contribution in [-0.2, 0) is 5.41 Å². The number of nitrogens with one attached hydrogen (secondary N) is 1. The lowest BCUT2D eigenvalue weighted by Crippen LogP contribution is -2.11. The van der Waals surface area contributed by atoms with E-state index in [0.29, 0.717) is 10.8 Å². The van der Waals surface area contributed by atoms with Gasteiger partial charge in [0.05, 0.1) is 17.9 Å². The molecule has 0 atom stereocenters. The van der Waals surface area contributed by atoms with Crippen molar-refractivity contribution >= 4 is 34.1 Å². The van der Waals surface area contributed by atoms with Gasteiger partial charge in [0.2, 0.25) is 5.13 Å². The van der Waals surface area contributed by atoms with Gasteiger partial charge in [0, 0.05) is 5.41 Å². The molecular weight excluding hydrogens is 258 g/mol. The number of carbonyl (C=O) groups is 1. The molecule has 0 saturated carbocycles. The molecule has 17 heavy (non-hydrogen) atoms. The molecule has 0 saturated heterocycles. The predicted molar refractivity (Wildman–Crippen MR) is 66.5 cm³/mol. The van der Waals surface area contributed by atoms with E-state index in [1.54, 1.807) is 0 Å². The van der Waals surface area contributed by atoms with Gasteiger partial charge in [-0.1, -0.05) is 32.1 Å². The van der Waals surface area contributed by atoms with Crippen molar-refractivity contribution in [1.29, 1.82) is 0 Å². The quantitative estimate of drug-likeness (QED) is 0.901. The molecule has 1 N–H and O–H groups in total. The van der Waals surface area contributed by atoms with Crippen LogP contribution in [0.1, 0.15) is 36.3 Å². The van der Waals surface area contributed by atoms with Crippen LogP contribution in [-0.4, -0.2) is 24.9 Å². The third-order valence-corrected chi connectivity index (χ3v) is 3.62. The molecule has 0 radical (unpaired) electrons. The van der Waals surface area contributed by atoms with Gasteiger partial charge in [-0.3, -0.25) is 10.1 Å². The second-order valence-corrected chi connectivity index (χ2v) is 5.94. The number of hydrogen-bond donors (Lipinski definition) is 1. The fourth-order valence-electron chi connectivity index (χ4n) is 1.00. The van der Waals surface area contributed by atoms with Crippen LogP contribution >= 0.6 is 23.1 Å². The van der Waals surface area contributed by atoms with Gasteiger partial charge in [-0.05, 0) is 0 Å². The number of hydrogen-bond acceptors (Lipinski definition) is 7. The summed E-state index contributed by atoms with van der Waals surface area (Å²) in [5.41, 5.74) is 0.227. The Kier molecular flexibility index (Phi) is 3.16. The number of anilines is 1. The molecule has 0 aliphatic carbocycles. The van der Waals surface area contributed by atoms with Crippen LogP contribution in [0.3, 0.4) is 0 Å². The van der Waals surface area contributed by atoms with Crippen LogP contribution in [0.5, 0.6) is 0 Å². The monoisotopic (exact) mass is 269 g/mol. The fraction of sp³-hybridized carbons (Fsp3) is 0.444. The van der Waals surface area contributed by atoms with Crippen molar-refractivity contribution in [3.8, 4) is 0 Å². The van der Waals surface area contributed by atoms with Gasteiger partial charge >= 0.3 is 0 Å². The molecule has 0 aliphatic heterocycles. The van der Waals surface area contributed by atoms with Gasteiger partial charge < -0.3 is 0 Å². The van der Waals surface area contributed by atoms with E-state index in [1.807, 2.05) is 20.8 Å². The van der Waals surface area contributed by atoms with E-state index >= 15 is 0 Å². The molecule has 1 amide bonds. The lowest BCUT2D eigenvalue weighted by Gasteiger charge is -2.12. The van der Waals surface area contributed by atoms with E-state index < -0.39 is 0 Å². The zero-order valence-corrected chi connectivity index (χ0v) is 11.2. The summed E-state index contributed by atoms with van der Waals surface area (Å²) < 4.78 is 7.61. The first-order chi connectivity index (χ1) is 7.97. The molecular formula is C9H11N5OS2. The zero-order chi connectivity index (χ0) is 12.5.